The lowest BCUT2D eigenvalue weighted by molar-refractivity contribution is -0.121. The fourth-order valence-electron chi connectivity index (χ4n) is 3.62. The zero-order valence-electron chi connectivity index (χ0n) is 16.0. The van der Waals surface area contributed by atoms with Crippen molar-refractivity contribution in [1.29, 1.82) is 0 Å². The lowest BCUT2D eigenvalue weighted by atomic mass is 10.0. The number of benzene rings is 2. The average molecular weight is 403 g/mol. The smallest absolute Gasteiger partial charge is 0.253 e. The lowest BCUT2D eigenvalue weighted by Crippen LogP contribution is -2.38. The van der Waals surface area contributed by atoms with Crippen molar-refractivity contribution in [2.75, 3.05) is 7.05 Å². The van der Waals surface area contributed by atoms with E-state index in [9.17, 15) is 14.0 Å². The second-order valence-electron chi connectivity index (χ2n) is 7.21. The van der Waals surface area contributed by atoms with E-state index >= 15 is 0 Å². The number of hydrogen-bond donors (Lipinski definition) is 1. The Morgan fingerprint density at radius 3 is 2.46 bits per heavy atom. The Balaban J connectivity index is 1.65. The number of halogens is 2. The molecule has 0 saturated heterocycles. The zero-order chi connectivity index (χ0) is 20.3. The summed E-state index contributed by atoms with van der Waals surface area (Å²) in [5.74, 6) is -0.448. The fraction of sp³-hybridized carbons (Fsp3) is 0.364. The summed E-state index contributed by atoms with van der Waals surface area (Å²) in [6.07, 6.45) is 3.02. The molecule has 1 aliphatic carbocycles. The number of rotatable bonds is 5. The summed E-state index contributed by atoms with van der Waals surface area (Å²) in [4.78, 5) is 26.2. The minimum Gasteiger partial charge on any atom is -0.353 e. The van der Waals surface area contributed by atoms with Gasteiger partial charge in [0.05, 0.1) is 5.02 Å². The van der Waals surface area contributed by atoms with Crippen molar-refractivity contribution < 1.29 is 14.0 Å². The number of carbonyl (C=O) groups is 2. The first-order valence-electron chi connectivity index (χ1n) is 9.51. The lowest BCUT2D eigenvalue weighted by Gasteiger charge is -2.25. The van der Waals surface area contributed by atoms with Crippen LogP contribution in [0.1, 0.15) is 43.0 Å². The maximum atomic E-state index is 13.3. The van der Waals surface area contributed by atoms with Crippen molar-refractivity contribution in [3.8, 4) is 11.1 Å². The molecule has 0 bridgehead atoms. The monoisotopic (exact) mass is 402 g/mol. The molecule has 1 fully saturated rings. The molecule has 148 valence electrons. The van der Waals surface area contributed by atoms with Crippen LogP contribution in [0.4, 0.5) is 4.39 Å². The fourth-order valence-corrected chi connectivity index (χ4v) is 3.80. The van der Waals surface area contributed by atoms with Gasteiger partial charge in [0.25, 0.3) is 5.91 Å². The summed E-state index contributed by atoms with van der Waals surface area (Å²) in [6.45, 7) is 1.83. The number of carbonyl (C=O) groups excluding carboxylic acids is 2. The molecule has 0 aromatic heterocycles. The van der Waals surface area contributed by atoms with Gasteiger partial charge in [-0.2, -0.15) is 0 Å². The molecule has 3 rings (SSSR count). The summed E-state index contributed by atoms with van der Waals surface area (Å²) in [5.41, 5.74) is 2.26. The Morgan fingerprint density at radius 2 is 1.82 bits per heavy atom. The van der Waals surface area contributed by atoms with Crippen LogP contribution < -0.4 is 5.32 Å². The van der Waals surface area contributed by atoms with E-state index < -0.39 is 5.82 Å². The van der Waals surface area contributed by atoms with E-state index in [1.807, 2.05) is 26.1 Å². The van der Waals surface area contributed by atoms with Crippen molar-refractivity contribution in [3.63, 3.8) is 0 Å². The quantitative estimate of drug-likeness (QED) is 0.790. The molecule has 2 aromatic rings. The topological polar surface area (TPSA) is 49.4 Å². The largest absolute Gasteiger partial charge is 0.353 e. The van der Waals surface area contributed by atoms with Crippen LogP contribution in [0.15, 0.2) is 42.5 Å². The first kappa shape index (κ1) is 20.3. The highest BCUT2D eigenvalue weighted by Crippen LogP contribution is 2.27. The number of hydrogen-bond acceptors (Lipinski definition) is 2. The SMILES string of the molecule is CCC(=O)NC1CCC(N(C)C(=O)c2ccc(-c3ccc(F)c(Cl)c3)cc2)C1. The molecule has 28 heavy (non-hydrogen) atoms. The predicted molar refractivity (Wildman–Crippen MR) is 109 cm³/mol. The van der Waals surface area contributed by atoms with Crippen molar-refractivity contribution >= 4 is 23.4 Å². The van der Waals surface area contributed by atoms with Crippen LogP contribution in [-0.4, -0.2) is 35.8 Å². The summed E-state index contributed by atoms with van der Waals surface area (Å²) in [7, 11) is 1.81. The van der Waals surface area contributed by atoms with Crippen molar-refractivity contribution in [1.82, 2.24) is 10.2 Å². The molecule has 1 saturated carbocycles. The first-order chi connectivity index (χ1) is 13.4. The number of nitrogens with one attached hydrogen (secondary N) is 1. The summed E-state index contributed by atoms with van der Waals surface area (Å²) >= 11 is 5.85. The van der Waals surface area contributed by atoms with Crippen LogP contribution in [0.25, 0.3) is 11.1 Å². The van der Waals surface area contributed by atoms with Gasteiger partial charge in [-0.05, 0) is 54.7 Å². The average Bonchev–Trinajstić information content (AvgIpc) is 3.17. The normalized spacial score (nSPS) is 18.7. The summed E-state index contributed by atoms with van der Waals surface area (Å²) in [5, 5.41) is 3.08. The third-order valence-corrected chi connectivity index (χ3v) is 5.63. The van der Waals surface area contributed by atoms with E-state index in [-0.39, 0.29) is 28.9 Å². The second kappa shape index (κ2) is 8.74. The molecule has 2 unspecified atom stereocenters. The van der Waals surface area contributed by atoms with Gasteiger partial charge in [0.2, 0.25) is 5.91 Å². The van der Waals surface area contributed by atoms with Crippen LogP contribution in [-0.2, 0) is 4.79 Å². The van der Waals surface area contributed by atoms with E-state index in [4.69, 9.17) is 11.6 Å². The third-order valence-electron chi connectivity index (χ3n) is 5.34. The predicted octanol–water partition coefficient (Wildman–Crippen LogP) is 4.67. The standard InChI is InChI=1S/C22H24ClFN2O2/c1-3-21(27)25-17-9-10-18(13-17)26(2)22(28)15-6-4-14(5-7-15)16-8-11-20(24)19(23)12-16/h4-8,11-12,17-18H,3,9-10,13H2,1-2H3,(H,25,27). The van der Waals surface area contributed by atoms with Gasteiger partial charge in [0, 0.05) is 31.1 Å². The van der Waals surface area contributed by atoms with Crippen molar-refractivity contribution in [2.45, 2.75) is 44.7 Å². The maximum absolute atomic E-state index is 13.3. The molecule has 0 aliphatic heterocycles. The first-order valence-corrected chi connectivity index (χ1v) is 9.88. The maximum Gasteiger partial charge on any atom is 0.253 e. The highest BCUT2D eigenvalue weighted by molar-refractivity contribution is 6.31. The van der Waals surface area contributed by atoms with Gasteiger partial charge in [-0.1, -0.05) is 36.7 Å². The van der Waals surface area contributed by atoms with Gasteiger partial charge in [0.15, 0.2) is 0 Å². The summed E-state index contributed by atoms with van der Waals surface area (Å²) < 4.78 is 13.3. The molecule has 6 heteroatoms. The van der Waals surface area contributed by atoms with Gasteiger partial charge >= 0.3 is 0 Å². The van der Waals surface area contributed by atoms with Gasteiger partial charge in [-0.25, -0.2) is 4.39 Å². The Hall–Kier alpha value is -2.40. The highest BCUT2D eigenvalue weighted by atomic mass is 35.5. The molecule has 4 nitrogen and oxygen atoms in total. The third kappa shape index (κ3) is 4.53. The second-order valence-corrected chi connectivity index (χ2v) is 7.61. The molecule has 0 heterocycles. The van der Waals surface area contributed by atoms with Crippen LogP contribution in [0.2, 0.25) is 5.02 Å². The Bertz CT molecular complexity index is 869. The van der Waals surface area contributed by atoms with E-state index in [0.29, 0.717) is 12.0 Å². The van der Waals surface area contributed by atoms with E-state index in [2.05, 4.69) is 5.32 Å². The molecular weight excluding hydrogens is 379 g/mol. The van der Waals surface area contributed by atoms with Crippen molar-refractivity contribution in [2.24, 2.45) is 0 Å². The molecule has 2 atom stereocenters. The van der Waals surface area contributed by atoms with Gasteiger partial charge in [-0.15, -0.1) is 0 Å². The minimum absolute atomic E-state index is 0.0452. The van der Waals surface area contributed by atoms with E-state index in [1.54, 1.807) is 29.2 Å². The van der Waals surface area contributed by atoms with E-state index in [1.165, 1.54) is 6.07 Å². The molecular formula is C22H24ClFN2O2. The van der Waals surface area contributed by atoms with E-state index in [0.717, 1.165) is 30.4 Å². The highest BCUT2D eigenvalue weighted by Gasteiger charge is 2.30. The Morgan fingerprint density at radius 1 is 1.14 bits per heavy atom. The van der Waals surface area contributed by atoms with Gasteiger partial charge in [-0.3, -0.25) is 9.59 Å². The number of amides is 2. The Labute approximate surface area is 169 Å². The van der Waals surface area contributed by atoms with Crippen LogP contribution >= 0.6 is 11.6 Å². The number of nitrogens with zero attached hydrogens (tertiary/aromatic N) is 1. The molecule has 0 radical (unpaired) electrons. The zero-order valence-corrected chi connectivity index (χ0v) is 16.8. The van der Waals surface area contributed by atoms with Crippen LogP contribution in [0.5, 0.6) is 0 Å². The minimum atomic E-state index is -0.455. The van der Waals surface area contributed by atoms with Crippen LogP contribution in [0.3, 0.4) is 0 Å². The van der Waals surface area contributed by atoms with Gasteiger partial charge < -0.3 is 10.2 Å². The van der Waals surface area contributed by atoms with Crippen LogP contribution in [0, 0.1) is 5.82 Å². The molecule has 1 aliphatic rings. The molecule has 2 aromatic carbocycles. The molecule has 1 N–H and O–H groups in total. The van der Waals surface area contributed by atoms with Crippen molar-refractivity contribution in [3.05, 3.63) is 58.9 Å². The summed E-state index contributed by atoms with van der Waals surface area (Å²) in [6, 6.07) is 12.0. The Kier molecular flexibility index (Phi) is 6.35. The van der Waals surface area contributed by atoms with Gasteiger partial charge in [0.1, 0.15) is 5.82 Å². The molecule has 2 amide bonds. The molecule has 0 spiro atoms.